The molecule has 1 atom stereocenters. The van der Waals surface area contributed by atoms with Gasteiger partial charge in [0.25, 0.3) is 0 Å². The number of nitrogens with two attached hydrogens (primary N) is 2. The number of rotatable bonds is 10. The number of methoxy groups -OCH3 is 1. The van der Waals surface area contributed by atoms with Crippen molar-refractivity contribution >= 4 is 0 Å². The van der Waals surface area contributed by atoms with Gasteiger partial charge in [0, 0.05) is 32.3 Å². The van der Waals surface area contributed by atoms with Crippen LogP contribution in [0.1, 0.15) is 51.0 Å². The van der Waals surface area contributed by atoms with Crippen LogP contribution in [0, 0.1) is 0 Å². The van der Waals surface area contributed by atoms with E-state index in [9.17, 15) is 0 Å². The molecule has 7 heteroatoms. The summed E-state index contributed by atoms with van der Waals surface area (Å²) in [4.78, 5) is 7.85. The summed E-state index contributed by atoms with van der Waals surface area (Å²) in [6.45, 7) is 9.28. The average Bonchev–Trinajstić information content (AvgIpc) is 3.34. The lowest BCUT2D eigenvalue weighted by atomic mass is 10.2. The van der Waals surface area contributed by atoms with E-state index >= 15 is 0 Å². The van der Waals surface area contributed by atoms with E-state index in [0.29, 0.717) is 19.3 Å². The van der Waals surface area contributed by atoms with Gasteiger partial charge in [0.15, 0.2) is 0 Å². The molecule has 5 N–H and O–H groups in total. The van der Waals surface area contributed by atoms with Crippen LogP contribution in [0.2, 0.25) is 0 Å². The molecule has 7 nitrogen and oxygen atoms in total. The molecule has 0 bridgehead atoms. The molecule has 1 aliphatic carbocycles. The van der Waals surface area contributed by atoms with E-state index in [4.69, 9.17) is 25.8 Å². The minimum Gasteiger partial charge on any atom is -0.383 e. The number of hydrogen-bond acceptors (Lipinski definition) is 7. The van der Waals surface area contributed by atoms with Crippen molar-refractivity contribution in [2.75, 3.05) is 53.1 Å². The summed E-state index contributed by atoms with van der Waals surface area (Å²) < 4.78 is 9.98. The molecule has 31 heavy (non-hydrogen) atoms. The Morgan fingerprint density at radius 2 is 1.84 bits per heavy atom. The summed E-state index contributed by atoms with van der Waals surface area (Å²) in [6, 6.07) is 11.1. The highest BCUT2D eigenvalue weighted by Crippen LogP contribution is 2.17. The van der Waals surface area contributed by atoms with E-state index in [2.05, 4.69) is 22.5 Å². The largest absolute Gasteiger partial charge is 0.383 e. The van der Waals surface area contributed by atoms with Crippen molar-refractivity contribution in [1.82, 2.24) is 10.4 Å². The second-order valence-electron chi connectivity index (χ2n) is 8.09. The maximum Gasteiger partial charge on any atom is 0.0933 e. The molecule has 0 radical (unpaired) electrons. The predicted octanol–water partition coefficient (Wildman–Crippen LogP) is 2.69. The lowest BCUT2D eigenvalue weighted by Crippen LogP contribution is -2.37. The van der Waals surface area contributed by atoms with Gasteiger partial charge in [0.2, 0.25) is 0 Å². The van der Waals surface area contributed by atoms with Crippen LogP contribution in [0.15, 0.2) is 30.3 Å². The number of nitrogens with one attached hydrogen (secondary N) is 1. The zero-order chi connectivity index (χ0) is 22.6. The SMILES string of the molecule is CCC(N)COC.NCCCN1CCOCC1.c1ccc(CONC2CCCC2)cc1. The van der Waals surface area contributed by atoms with Gasteiger partial charge in [0.1, 0.15) is 0 Å². The topological polar surface area (TPSA) is 95.0 Å². The summed E-state index contributed by atoms with van der Waals surface area (Å²) in [7, 11) is 1.66. The average molecular weight is 439 g/mol. The first-order chi connectivity index (χ1) is 15.2. The van der Waals surface area contributed by atoms with Crippen molar-refractivity contribution in [2.24, 2.45) is 11.5 Å². The van der Waals surface area contributed by atoms with Crippen LogP contribution in [0.25, 0.3) is 0 Å². The summed E-state index contributed by atoms with van der Waals surface area (Å²) >= 11 is 0. The van der Waals surface area contributed by atoms with Gasteiger partial charge >= 0.3 is 0 Å². The molecule has 0 aromatic heterocycles. The Labute approximate surface area is 189 Å². The fourth-order valence-electron chi connectivity index (χ4n) is 3.33. The molecule has 0 amide bonds. The molecule has 1 aliphatic heterocycles. The molecule has 3 rings (SSSR count). The zero-order valence-electron chi connectivity index (χ0n) is 19.8. The Bertz CT molecular complexity index is 495. The molecule has 1 saturated carbocycles. The van der Waals surface area contributed by atoms with Crippen molar-refractivity contribution in [3.63, 3.8) is 0 Å². The number of hydrogen-bond donors (Lipinski definition) is 3. The quantitative estimate of drug-likeness (QED) is 0.483. The molecule has 1 aromatic rings. The molecule has 0 spiro atoms. The van der Waals surface area contributed by atoms with Crippen LogP contribution in [-0.2, 0) is 20.9 Å². The maximum absolute atomic E-state index is 5.46. The number of nitrogens with zero attached hydrogens (tertiary/aromatic N) is 1. The van der Waals surface area contributed by atoms with Crippen molar-refractivity contribution in [3.05, 3.63) is 35.9 Å². The van der Waals surface area contributed by atoms with E-state index in [1.54, 1.807) is 7.11 Å². The minimum atomic E-state index is 0.227. The maximum atomic E-state index is 5.46. The normalized spacial score (nSPS) is 17.9. The van der Waals surface area contributed by atoms with Gasteiger partial charge in [-0.25, -0.2) is 0 Å². The van der Waals surface area contributed by atoms with Gasteiger partial charge in [-0.1, -0.05) is 50.1 Å². The lowest BCUT2D eigenvalue weighted by molar-refractivity contribution is 0.00510. The molecule has 1 aromatic carbocycles. The summed E-state index contributed by atoms with van der Waals surface area (Å²) in [5, 5.41) is 0. The van der Waals surface area contributed by atoms with Gasteiger partial charge in [-0.2, -0.15) is 5.48 Å². The molecule has 1 unspecified atom stereocenters. The van der Waals surface area contributed by atoms with E-state index < -0.39 is 0 Å². The zero-order valence-corrected chi connectivity index (χ0v) is 19.8. The van der Waals surface area contributed by atoms with Gasteiger partial charge in [-0.3, -0.25) is 9.74 Å². The molecular formula is C24H46N4O3. The third kappa shape index (κ3) is 15.4. The predicted molar refractivity (Wildman–Crippen MR) is 128 cm³/mol. The fraction of sp³-hybridized carbons (Fsp3) is 0.750. The summed E-state index contributed by atoms with van der Waals surface area (Å²) in [5.41, 5.74) is 15.2. The number of ether oxygens (including phenoxy) is 2. The third-order valence-corrected chi connectivity index (χ3v) is 5.37. The summed E-state index contributed by atoms with van der Waals surface area (Å²) in [5.74, 6) is 0. The second-order valence-corrected chi connectivity index (χ2v) is 8.09. The highest BCUT2D eigenvalue weighted by atomic mass is 16.6. The van der Waals surface area contributed by atoms with Crippen LogP contribution in [0.5, 0.6) is 0 Å². The van der Waals surface area contributed by atoms with Gasteiger partial charge < -0.3 is 20.9 Å². The molecule has 1 saturated heterocycles. The van der Waals surface area contributed by atoms with E-state index in [1.165, 1.54) is 31.2 Å². The van der Waals surface area contributed by atoms with Crippen LogP contribution in [0.4, 0.5) is 0 Å². The number of morpholine rings is 1. The van der Waals surface area contributed by atoms with Crippen LogP contribution >= 0.6 is 0 Å². The minimum absolute atomic E-state index is 0.227. The van der Waals surface area contributed by atoms with Gasteiger partial charge in [0.05, 0.1) is 26.4 Å². The fourth-order valence-corrected chi connectivity index (χ4v) is 3.33. The van der Waals surface area contributed by atoms with Crippen LogP contribution in [-0.4, -0.2) is 70.1 Å². The molecule has 2 fully saturated rings. The standard InChI is InChI=1S/C12H17NO.C7H16N2O.C5H13NO/c1-2-6-11(7-3-1)10-14-13-12-8-4-5-9-12;8-2-1-3-9-4-6-10-7-5-9;1-3-5(6)4-7-2/h1-3,6-7,12-13H,4-5,8-10H2;1-8H2;5H,3-4,6H2,1-2H3. The highest BCUT2D eigenvalue weighted by Gasteiger charge is 2.14. The van der Waals surface area contributed by atoms with Gasteiger partial charge in [-0.05, 0) is 44.3 Å². The van der Waals surface area contributed by atoms with E-state index in [-0.39, 0.29) is 6.04 Å². The molecule has 180 valence electrons. The number of benzene rings is 1. The number of hydroxylamine groups is 1. The van der Waals surface area contributed by atoms with Crippen molar-refractivity contribution in [3.8, 4) is 0 Å². The smallest absolute Gasteiger partial charge is 0.0933 e. The first-order valence-corrected chi connectivity index (χ1v) is 11.9. The Morgan fingerprint density at radius 3 is 2.39 bits per heavy atom. The first-order valence-electron chi connectivity index (χ1n) is 11.9. The monoisotopic (exact) mass is 438 g/mol. The molecular weight excluding hydrogens is 392 g/mol. The molecule has 1 heterocycles. The van der Waals surface area contributed by atoms with Crippen molar-refractivity contribution in [2.45, 2.75) is 64.1 Å². The Kier molecular flexibility index (Phi) is 17.7. The third-order valence-electron chi connectivity index (χ3n) is 5.37. The molecule has 2 aliphatic rings. The Hall–Kier alpha value is -1.06. The highest BCUT2D eigenvalue weighted by molar-refractivity contribution is 5.13. The summed E-state index contributed by atoms with van der Waals surface area (Å²) in [6.07, 6.45) is 7.30. The van der Waals surface area contributed by atoms with Crippen molar-refractivity contribution in [1.29, 1.82) is 0 Å². The first kappa shape index (κ1) is 28.0. The van der Waals surface area contributed by atoms with Crippen LogP contribution < -0.4 is 16.9 Å². The van der Waals surface area contributed by atoms with Crippen molar-refractivity contribution < 1.29 is 14.3 Å². The van der Waals surface area contributed by atoms with E-state index in [0.717, 1.165) is 52.2 Å². The van der Waals surface area contributed by atoms with Crippen LogP contribution in [0.3, 0.4) is 0 Å². The van der Waals surface area contributed by atoms with E-state index in [1.807, 2.05) is 25.1 Å². The second kappa shape index (κ2) is 19.6. The Morgan fingerprint density at radius 1 is 1.16 bits per heavy atom. The Balaban J connectivity index is 0.000000249. The lowest BCUT2D eigenvalue weighted by Gasteiger charge is -2.26. The van der Waals surface area contributed by atoms with Gasteiger partial charge in [-0.15, -0.1) is 0 Å².